The number of anilines is 1. The number of thioether (sulfide) groups is 1. The summed E-state index contributed by atoms with van der Waals surface area (Å²) in [7, 11) is 2.09. The Morgan fingerprint density at radius 3 is 2.75 bits per heavy atom. The van der Waals surface area contributed by atoms with Crippen LogP contribution in [0.25, 0.3) is 0 Å². The van der Waals surface area contributed by atoms with Gasteiger partial charge in [-0.2, -0.15) is 11.8 Å². The molecule has 1 fully saturated rings. The molecule has 0 radical (unpaired) electrons. The summed E-state index contributed by atoms with van der Waals surface area (Å²) in [5.41, 5.74) is 1.79. The second kappa shape index (κ2) is 6.35. The maximum atomic E-state index is 14.2. The lowest BCUT2D eigenvalue weighted by molar-refractivity contribution is 0.418. The van der Waals surface area contributed by atoms with Crippen LogP contribution < -0.4 is 10.2 Å². The van der Waals surface area contributed by atoms with Gasteiger partial charge in [-0.05, 0) is 45.1 Å². The molecule has 1 aliphatic rings. The molecule has 20 heavy (non-hydrogen) atoms. The van der Waals surface area contributed by atoms with Crippen LogP contribution >= 0.6 is 11.8 Å². The van der Waals surface area contributed by atoms with Crippen molar-refractivity contribution in [2.45, 2.75) is 45.3 Å². The molecule has 2 rings (SSSR count). The van der Waals surface area contributed by atoms with Gasteiger partial charge in [0.25, 0.3) is 0 Å². The maximum absolute atomic E-state index is 14.2. The number of halogens is 1. The predicted octanol–water partition coefficient (Wildman–Crippen LogP) is 3.66. The molecule has 2 nitrogen and oxygen atoms in total. The van der Waals surface area contributed by atoms with Crippen LogP contribution in [-0.2, 0) is 6.54 Å². The zero-order valence-corrected chi connectivity index (χ0v) is 13.7. The first kappa shape index (κ1) is 15.6. The zero-order valence-electron chi connectivity index (χ0n) is 12.9. The molecule has 0 saturated carbocycles. The molecular formula is C16H25FN2S. The van der Waals surface area contributed by atoms with Gasteiger partial charge >= 0.3 is 0 Å². The lowest BCUT2D eigenvalue weighted by Gasteiger charge is -2.29. The summed E-state index contributed by atoms with van der Waals surface area (Å²) in [5.74, 6) is 2.23. The number of rotatable bonds is 4. The number of hydrogen-bond acceptors (Lipinski definition) is 3. The van der Waals surface area contributed by atoms with Crippen molar-refractivity contribution < 1.29 is 4.39 Å². The van der Waals surface area contributed by atoms with Crippen LogP contribution in [0.1, 0.15) is 32.8 Å². The molecule has 0 spiro atoms. The molecule has 1 saturated heterocycles. The highest BCUT2D eigenvalue weighted by Gasteiger charge is 2.23. The van der Waals surface area contributed by atoms with E-state index in [0.717, 1.165) is 17.0 Å². The molecule has 1 atom stereocenters. The van der Waals surface area contributed by atoms with E-state index in [1.807, 2.05) is 23.9 Å². The van der Waals surface area contributed by atoms with Crippen molar-refractivity contribution in [3.63, 3.8) is 0 Å². The second-order valence-electron chi connectivity index (χ2n) is 6.47. The minimum atomic E-state index is -0.114. The number of hydrogen-bond donors (Lipinski definition) is 1. The van der Waals surface area contributed by atoms with Gasteiger partial charge in [-0.1, -0.05) is 6.07 Å². The Bertz CT molecular complexity index is 450. The second-order valence-corrected chi connectivity index (χ2v) is 7.62. The van der Waals surface area contributed by atoms with Crippen LogP contribution in [0, 0.1) is 5.82 Å². The Balaban J connectivity index is 2.21. The van der Waals surface area contributed by atoms with E-state index in [9.17, 15) is 4.39 Å². The van der Waals surface area contributed by atoms with Crippen LogP contribution in [0.3, 0.4) is 0 Å². The fourth-order valence-corrected chi connectivity index (χ4v) is 3.70. The van der Waals surface area contributed by atoms with E-state index in [2.05, 4.69) is 38.0 Å². The number of nitrogens with one attached hydrogen (secondary N) is 1. The Labute approximate surface area is 126 Å². The van der Waals surface area contributed by atoms with Gasteiger partial charge in [0, 0.05) is 42.2 Å². The molecule has 1 aromatic rings. The first-order valence-corrected chi connectivity index (χ1v) is 8.37. The van der Waals surface area contributed by atoms with Crippen molar-refractivity contribution in [2.75, 3.05) is 23.5 Å². The first-order valence-electron chi connectivity index (χ1n) is 7.21. The van der Waals surface area contributed by atoms with Gasteiger partial charge in [-0.25, -0.2) is 4.39 Å². The van der Waals surface area contributed by atoms with Crippen molar-refractivity contribution in [3.8, 4) is 0 Å². The molecular weight excluding hydrogens is 271 g/mol. The maximum Gasteiger partial charge on any atom is 0.129 e. The highest BCUT2D eigenvalue weighted by Crippen LogP contribution is 2.29. The molecule has 1 heterocycles. The molecule has 0 amide bonds. The summed E-state index contributed by atoms with van der Waals surface area (Å²) in [5, 5.41) is 3.39. The fourth-order valence-electron chi connectivity index (χ4n) is 2.43. The molecule has 1 aromatic carbocycles. The Morgan fingerprint density at radius 1 is 1.40 bits per heavy atom. The monoisotopic (exact) mass is 296 g/mol. The quantitative estimate of drug-likeness (QED) is 0.913. The lowest BCUT2D eigenvalue weighted by Crippen LogP contribution is -2.37. The zero-order chi connectivity index (χ0) is 14.8. The largest absolute Gasteiger partial charge is 0.370 e. The van der Waals surface area contributed by atoms with E-state index in [4.69, 9.17) is 0 Å². The van der Waals surface area contributed by atoms with Crippen molar-refractivity contribution in [2.24, 2.45) is 0 Å². The third-order valence-electron chi connectivity index (χ3n) is 3.72. The van der Waals surface area contributed by atoms with E-state index in [-0.39, 0.29) is 11.4 Å². The standard InChI is InChI=1S/C16H25FN2S/c1-16(2,3)18-10-13-14(17)6-5-7-15(13)19(4)12-8-9-20-11-12/h5-7,12,18H,8-11H2,1-4H3. The summed E-state index contributed by atoms with van der Waals surface area (Å²) < 4.78 is 14.2. The molecule has 112 valence electrons. The predicted molar refractivity (Wildman–Crippen MR) is 87.1 cm³/mol. The third-order valence-corrected chi connectivity index (χ3v) is 4.87. The highest BCUT2D eigenvalue weighted by atomic mass is 32.2. The average molecular weight is 296 g/mol. The molecule has 0 bridgehead atoms. The Hall–Kier alpha value is -0.740. The molecule has 0 aromatic heterocycles. The van der Waals surface area contributed by atoms with Crippen molar-refractivity contribution in [3.05, 3.63) is 29.6 Å². The van der Waals surface area contributed by atoms with Crippen molar-refractivity contribution in [1.82, 2.24) is 5.32 Å². The van der Waals surface area contributed by atoms with Gasteiger partial charge < -0.3 is 10.2 Å². The molecule has 1 aliphatic heterocycles. The van der Waals surface area contributed by atoms with Crippen molar-refractivity contribution in [1.29, 1.82) is 0 Å². The van der Waals surface area contributed by atoms with E-state index < -0.39 is 0 Å². The van der Waals surface area contributed by atoms with E-state index in [1.165, 1.54) is 12.2 Å². The SMILES string of the molecule is CN(c1cccc(F)c1CNC(C)(C)C)C1CCSC1. The number of nitrogens with zero attached hydrogens (tertiary/aromatic N) is 1. The van der Waals surface area contributed by atoms with Crippen LogP contribution in [0.4, 0.5) is 10.1 Å². The highest BCUT2D eigenvalue weighted by molar-refractivity contribution is 7.99. The third kappa shape index (κ3) is 3.89. The van der Waals surface area contributed by atoms with E-state index >= 15 is 0 Å². The minimum Gasteiger partial charge on any atom is -0.370 e. The Morgan fingerprint density at radius 2 is 2.15 bits per heavy atom. The van der Waals surface area contributed by atoms with Gasteiger partial charge in [0.15, 0.2) is 0 Å². The molecule has 1 unspecified atom stereocenters. The van der Waals surface area contributed by atoms with Gasteiger partial charge in [-0.3, -0.25) is 0 Å². The molecule has 0 aliphatic carbocycles. The van der Waals surface area contributed by atoms with Gasteiger partial charge in [0.1, 0.15) is 5.82 Å². The van der Waals surface area contributed by atoms with Crippen molar-refractivity contribution >= 4 is 17.4 Å². The van der Waals surface area contributed by atoms with Crippen LogP contribution in [-0.4, -0.2) is 30.1 Å². The molecule has 1 N–H and O–H groups in total. The normalized spacial score (nSPS) is 19.4. The summed E-state index contributed by atoms with van der Waals surface area (Å²) in [6.45, 7) is 6.87. The summed E-state index contributed by atoms with van der Waals surface area (Å²) in [4.78, 5) is 2.25. The average Bonchev–Trinajstić information content (AvgIpc) is 2.89. The number of benzene rings is 1. The summed E-state index contributed by atoms with van der Waals surface area (Å²) >= 11 is 1.98. The first-order chi connectivity index (χ1) is 9.38. The minimum absolute atomic E-state index is 0.0126. The fraction of sp³-hybridized carbons (Fsp3) is 0.625. The van der Waals surface area contributed by atoms with Crippen LogP contribution in [0.2, 0.25) is 0 Å². The summed E-state index contributed by atoms with van der Waals surface area (Å²) in [6.07, 6.45) is 1.18. The van der Waals surface area contributed by atoms with Gasteiger partial charge in [-0.15, -0.1) is 0 Å². The lowest BCUT2D eigenvalue weighted by atomic mass is 10.1. The van der Waals surface area contributed by atoms with Crippen LogP contribution in [0.5, 0.6) is 0 Å². The smallest absolute Gasteiger partial charge is 0.129 e. The Kier molecular flexibility index (Phi) is 4.97. The van der Waals surface area contributed by atoms with E-state index in [1.54, 1.807) is 6.07 Å². The summed E-state index contributed by atoms with van der Waals surface area (Å²) in [6, 6.07) is 5.92. The van der Waals surface area contributed by atoms with Gasteiger partial charge in [0.2, 0.25) is 0 Å². The van der Waals surface area contributed by atoms with Crippen LogP contribution in [0.15, 0.2) is 18.2 Å². The topological polar surface area (TPSA) is 15.3 Å². The van der Waals surface area contributed by atoms with E-state index in [0.29, 0.717) is 12.6 Å². The van der Waals surface area contributed by atoms with Gasteiger partial charge in [0.05, 0.1) is 0 Å². The molecule has 4 heteroatoms.